The molecule has 3 atom stereocenters. The molecule has 1 unspecified atom stereocenters. The van der Waals surface area contributed by atoms with Crippen molar-refractivity contribution in [1.29, 1.82) is 0 Å². The Labute approximate surface area is 116 Å². The van der Waals surface area contributed by atoms with Gasteiger partial charge in [-0.3, -0.25) is 0 Å². The zero-order valence-electron chi connectivity index (χ0n) is 11.7. The average Bonchev–Trinajstić information content (AvgIpc) is 2.76. The highest BCUT2D eigenvalue weighted by Crippen LogP contribution is 2.18. The maximum absolute atomic E-state index is 12.1. The largest absolute Gasteiger partial charge is 0.480 e. The fourth-order valence-corrected chi connectivity index (χ4v) is 2.11. The number of amides is 2. The number of esters is 1. The van der Waals surface area contributed by atoms with Crippen LogP contribution in [0.4, 0.5) is 4.79 Å². The molecule has 20 heavy (non-hydrogen) atoms. The molecule has 1 rings (SSSR count). The van der Waals surface area contributed by atoms with E-state index in [4.69, 9.17) is 5.11 Å². The summed E-state index contributed by atoms with van der Waals surface area (Å²) in [5.41, 5.74) is 0. The Morgan fingerprint density at radius 1 is 1.35 bits per heavy atom. The van der Waals surface area contributed by atoms with Crippen LogP contribution >= 0.6 is 0 Å². The monoisotopic (exact) mass is 288 g/mol. The minimum absolute atomic E-state index is 0.0205. The molecule has 0 aromatic heterocycles. The van der Waals surface area contributed by atoms with Crippen LogP contribution in [0.1, 0.15) is 20.3 Å². The van der Waals surface area contributed by atoms with E-state index in [1.165, 1.54) is 7.11 Å². The summed E-state index contributed by atoms with van der Waals surface area (Å²) >= 11 is 0. The number of aliphatic carboxylic acids is 1. The molecule has 0 saturated carbocycles. The van der Waals surface area contributed by atoms with Crippen LogP contribution in [0.3, 0.4) is 0 Å². The van der Waals surface area contributed by atoms with Gasteiger partial charge in [-0.1, -0.05) is 13.8 Å². The average molecular weight is 288 g/mol. The summed E-state index contributed by atoms with van der Waals surface area (Å²) in [4.78, 5) is 35.7. The highest BCUT2D eigenvalue weighted by atomic mass is 16.5. The number of urea groups is 1. The molecule has 0 aromatic rings. The molecule has 1 aliphatic rings. The van der Waals surface area contributed by atoms with E-state index < -0.39 is 36.2 Å². The van der Waals surface area contributed by atoms with E-state index in [0.717, 1.165) is 4.90 Å². The summed E-state index contributed by atoms with van der Waals surface area (Å²) in [7, 11) is 1.21. The predicted molar refractivity (Wildman–Crippen MR) is 67.9 cm³/mol. The number of ether oxygens (including phenoxy) is 1. The minimum atomic E-state index is -1.18. The van der Waals surface area contributed by atoms with Crippen molar-refractivity contribution < 1.29 is 29.3 Å². The summed E-state index contributed by atoms with van der Waals surface area (Å²) in [6.45, 7) is 3.39. The number of aliphatic hydroxyl groups excluding tert-OH is 1. The Bertz CT molecular complexity index is 397. The molecule has 2 amide bonds. The summed E-state index contributed by atoms with van der Waals surface area (Å²) in [6.07, 6.45) is -0.898. The van der Waals surface area contributed by atoms with Gasteiger partial charge in [0.2, 0.25) is 0 Å². The van der Waals surface area contributed by atoms with E-state index in [-0.39, 0.29) is 18.9 Å². The zero-order chi connectivity index (χ0) is 15.4. The second-order valence-corrected chi connectivity index (χ2v) is 5.09. The molecule has 0 bridgehead atoms. The standard InChI is InChI=1S/C12H20N2O6/c1-6(2)9(11(18)20-3)13-12(19)14-5-7(15)4-8(14)10(16)17/h6-9,15H,4-5H2,1-3H3,(H,13,19)(H,16,17)/t7-,8+,9?/m1/s1. The third-order valence-electron chi connectivity index (χ3n) is 3.23. The van der Waals surface area contributed by atoms with Gasteiger partial charge in [0, 0.05) is 13.0 Å². The lowest BCUT2D eigenvalue weighted by Crippen LogP contribution is -2.53. The Hall–Kier alpha value is -1.83. The summed E-state index contributed by atoms with van der Waals surface area (Å²) in [5, 5.41) is 21.0. The highest BCUT2D eigenvalue weighted by molar-refractivity contribution is 5.87. The second-order valence-electron chi connectivity index (χ2n) is 5.09. The molecular weight excluding hydrogens is 268 g/mol. The molecule has 0 spiro atoms. The van der Waals surface area contributed by atoms with Crippen LogP contribution in [0.5, 0.6) is 0 Å². The van der Waals surface area contributed by atoms with E-state index in [9.17, 15) is 19.5 Å². The van der Waals surface area contributed by atoms with Gasteiger partial charge in [0.25, 0.3) is 0 Å². The first-order valence-corrected chi connectivity index (χ1v) is 6.33. The number of nitrogens with one attached hydrogen (secondary N) is 1. The number of carboxylic acids is 1. The molecule has 114 valence electrons. The van der Waals surface area contributed by atoms with Gasteiger partial charge in [-0.15, -0.1) is 0 Å². The SMILES string of the molecule is COC(=O)C(NC(=O)N1C[C@H](O)C[C@H]1C(=O)O)C(C)C. The van der Waals surface area contributed by atoms with E-state index in [1.807, 2.05) is 0 Å². The first-order valence-electron chi connectivity index (χ1n) is 6.33. The molecule has 0 radical (unpaired) electrons. The smallest absolute Gasteiger partial charge is 0.328 e. The quantitative estimate of drug-likeness (QED) is 0.596. The van der Waals surface area contributed by atoms with Crippen molar-refractivity contribution >= 4 is 18.0 Å². The Kier molecular flexibility index (Phi) is 5.32. The normalized spacial score (nSPS) is 23.6. The number of likely N-dealkylation sites (tertiary alicyclic amines) is 1. The molecule has 8 nitrogen and oxygen atoms in total. The van der Waals surface area contributed by atoms with Crippen LogP contribution in [-0.2, 0) is 14.3 Å². The lowest BCUT2D eigenvalue weighted by atomic mass is 10.1. The molecule has 1 aliphatic heterocycles. The second kappa shape index (κ2) is 6.56. The number of β-amino-alcohol motifs (C(OH)–C–C–N with tert-alkyl or cyclic N) is 1. The van der Waals surface area contributed by atoms with Crippen LogP contribution in [0.2, 0.25) is 0 Å². The van der Waals surface area contributed by atoms with Gasteiger partial charge in [0.15, 0.2) is 0 Å². The van der Waals surface area contributed by atoms with Gasteiger partial charge >= 0.3 is 18.0 Å². The lowest BCUT2D eigenvalue weighted by Gasteiger charge is -2.26. The Morgan fingerprint density at radius 2 is 1.95 bits per heavy atom. The van der Waals surface area contributed by atoms with Gasteiger partial charge in [-0.05, 0) is 5.92 Å². The number of hydrogen-bond acceptors (Lipinski definition) is 5. The number of carbonyl (C=O) groups is 3. The maximum Gasteiger partial charge on any atom is 0.328 e. The van der Waals surface area contributed by atoms with Crippen molar-refractivity contribution in [3.63, 3.8) is 0 Å². The van der Waals surface area contributed by atoms with Crippen molar-refractivity contribution in [3.8, 4) is 0 Å². The third-order valence-corrected chi connectivity index (χ3v) is 3.23. The zero-order valence-corrected chi connectivity index (χ0v) is 11.7. The summed E-state index contributed by atoms with van der Waals surface area (Å²) < 4.78 is 4.59. The maximum atomic E-state index is 12.1. The fraction of sp³-hybridized carbons (Fsp3) is 0.750. The first kappa shape index (κ1) is 16.2. The lowest BCUT2D eigenvalue weighted by molar-refractivity contribution is -0.144. The Morgan fingerprint density at radius 3 is 2.40 bits per heavy atom. The van der Waals surface area contributed by atoms with E-state index in [2.05, 4.69) is 10.1 Å². The van der Waals surface area contributed by atoms with Crippen LogP contribution < -0.4 is 5.32 Å². The number of carbonyl (C=O) groups excluding carboxylic acids is 2. The topological polar surface area (TPSA) is 116 Å². The summed E-state index contributed by atoms with van der Waals surface area (Å²) in [6, 6.07) is -2.65. The van der Waals surface area contributed by atoms with Crippen molar-refractivity contribution in [2.24, 2.45) is 5.92 Å². The molecular formula is C12H20N2O6. The summed E-state index contributed by atoms with van der Waals surface area (Å²) in [5.74, 6) is -1.99. The van der Waals surface area contributed by atoms with Crippen molar-refractivity contribution in [3.05, 3.63) is 0 Å². The van der Waals surface area contributed by atoms with Crippen LogP contribution in [0, 0.1) is 5.92 Å². The van der Waals surface area contributed by atoms with Gasteiger partial charge in [-0.25, -0.2) is 14.4 Å². The fourth-order valence-electron chi connectivity index (χ4n) is 2.11. The predicted octanol–water partition coefficient (Wildman–Crippen LogP) is -0.587. The number of carboxylic acid groups (broad SMARTS) is 1. The van der Waals surface area contributed by atoms with Crippen LogP contribution in [0.25, 0.3) is 0 Å². The van der Waals surface area contributed by atoms with Gasteiger partial charge in [0.1, 0.15) is 12.1 Å². The first-order chi connectivity index (χ1) is 9.27. The number of methoxy groups -OCH3 is 1. The van der Waals surface area contributed by atoms with Gasteiger partial charge < -0.3 is 25.2 Å². The van der Waals surface area contributed by atoms with Crippen LogP contribution in [-0.4, -0.2) is 64.9 Å². The van der Waals surface area contributed by atoms with E-state index in [0.29, 0.717) is 0 Å². The molecule has 1 saturated heterocycles. The van der Waals surface area contributed by atoms with Crippen LogP contribution in [0.15, 0.2) is 0 Å². The molecule has 1 heterocycles. The minimum Gasteiger partial charge on any atom is -0.480 e. The van der Waals surface area contributed by atoms with Crippen molar-refractivity contribution in [2.45, 2.75) is 38.5 Å². The van der Waals surface area contributed by atoms with E-state index >= 15 is 0 Å². The van der Waals surface area contributed by atoms with Gasteiger partial charge in [0.05, 0.1) is 13.2 Å². The molecule has 3 N–H and O–H groups in total. The van der Waals surface area contributed by atoms with Crippen molar-refractivity contribution in [2.75, 3.05) is 13.7 Å². The Balaban J connectivity index is 2.78. The molecule has 1 fully saturated rings. The number of aliphatic hydroxyl groups is 1. The molecule has 0 aromatic carbocycles. The number of nitrogens with zero attached hydrogens (tertiary/aromatic N) is 1. The van der Waals surface area contributed by atoms with Crippen molar-refractivity contribution in [1.82, 2.24) is 10.2 Å². The molecule has 8 heteroatoms. The van der Waals surface area contributed by atoms with E-state index in [1.54, 1.807) is 13.8 Å². The third kappa shape index (κ3) is 3.60. The molecule has 0 aliphatic carbocycles. The highest BCUT2D eigenvalue weighted by Gasteiger charge is 2.40. The van der Waals surface area contributed by atoms with Gasteiger partial charge in [-0.2, -0.15) is 0 Å². The number of hydrogen-bond donors (Lipinski definition) is 3. The number of rotatable bonds is 4.